The number of likely N-dealkylation sites (N-methyl/N-ethyl adjacent to an activating group) is 1. The third kappa shape index (κ3) is 3.15. The molecular formula is C17H26N2O. The number of anilines is 1. The molecule has 0 aromatic heterocycles. The molecule has 1 aromatic carbocycles. The number of nitrogens with zero attached hydrogens (tertiary/aromatic N) is 1. The number of hydrogen-bond acceptors (Lipinski definition) is 3. The predicted octanol–water partition coefficient (Wildman–Crippen LogP) is 2.66. The minimum absolute atomic E-state index is 0.396. The molecule has 1 aliphatic heterocycles. The van der Waals surface area contributed by atoms with Crippen LogP contribution in [-0.4, -0.2) is 38.3 Å². The summed E-state index contributed by atoms with van der Waals surface area (Å²) < 4.78 is 5.44. The first kappa shape index (κ1) is 13.9. The van der Waals surface area contributed by atoms with Gasteiger partial charge in [-0.2, -0.15) is 0 Å². The molecule has 3 heteroatoms. The summed E-state index contributed by atoms with van der Waals surface area (Å²) in [4.78, 5) is 2.53. The van der Waals surface area contributed by atoms with Crippen LogP contribution in [0, 0.1) is 5.92 Å². The van der Waals surface area contributed by atoms with E-state index in [2.05, 4.69) is 24.1 Å². The Hall–Kier alpha value is -1.06. The Morgan fingerprint density at radius 3 is 2.45 bits per heavy atom. The fourth-order valence-electron chi connectivity index (χ4n) is 3.48. The van der Waals surface area contributed by atoms with E-state index in [1.807, 2.05) is 12.1 Å². The first-order valence-electron chi connectivity index (χ1n) is 7.80. The van der Waals surface area contributed by atoms with Gasteiger partial charge in [-0.25, -0.2) is 0 Å². The van der Waals surface area contributed by atoms with Crippen LogP contribution in [0.25, 0.3) is 0 Å². The number of ether oxygens (including phenoxy) is 1. The van der Waals surface area contributed by atoms with Gasteiger partial charge in [0.2, 0.25) is 0 Å². The van der Waals surface area contributed by atoms with Gasteiger partial charge in [-0.1, -0.05) is 12.1 Å². The summed E-state index contributed by atoms with van der Waals surface area (Å²) in [5.41, 5.74) is 8.51. The molecule has 1 aliphatic carbocycles. The molecule has 110 valence electrons. The highest BCUT2D eigenvalue weighted by molar-refractivity contribution is 5.43. The molecule has 0 unspecified atom stereocenters. The largest absolute Gasteiger partial charge is 0.399 e. The van der Waals surface area contributed by atoms with Crippen molar-refractivity contribution in [3.63, 3.8) is 0 Å². The topological polar surface area (TPSA) is 38.5 Å². The SMILES string of the molecule is CN(CC1CCOCC1)CC1(c2ccc(N)cc2)CC1. The van der Waals surface area contributed by atoms with Crippen LogP contribution in [0.3, 0.4) is 0 Å². The number of hydrogen-bond donors (Lipinski definition) is 1. The van der Waals surface area contributed by atoms with Gasteiger partial charge in [0.15, 0.2) is 0 Å². The maximum absolute atomic E-state index is 5.79. The third-order valence-electron chi connectivity index (χ3n) is 4.86. The van der Waals surface area contributed by atoms with Gasteiger partial charge >= 0.3 is 0 Å². The highest BCUT2D eigenvalue weighted by Gasteiger charge is 2.44. The van der Waals surface area contributed by atoms with Crippen LogP contribution in [0.5, 0.6) is 0 Å². The second kappa shape index (κ2) is 5.74. The summed E-state index contributed by atoms with van der Waals surface area (Å²) in [6, 6.07) is 8.50. The van der Waals surface area contributed by atoms with E-state index in [1.165, 1.54) is 44.3 Å². The minimum Gasteiger partial charge on any atom is -0.399 e. The van der Waals surface area contributed by atoms with E-state index in [4.69, 9.17) is 10.5 Å². The molecule has 20 heavy (non-hydrogen) atoms. The Balaban J connectivity index is 1.57. The monoisotopic (exact) mass is 274 g/mol. The number of benzene rings is 1. The van der Waals surface area contributed by atoms with Crippen LogP contribution >= 0.6 is 0 Å². The zero-order valence-electron chi connectivity index (χ0n) is 12.5. The van der Waals surface area contributed by atoms with Crippen molar-refractivity contribution in [3.05, 3.63) is 29.8 Å². The molecule has 1 heterocycles. The average molecular weight is 274 g/mol. The second-order valence-electron chi connectivity index (χ2n) is 6.65. The second-order valence-corrected chi connectivity index (χ2v) is 6.65. The highest BCUT2D eigenvalue weighted by atomic mass is 16.5. The molecule has 0 spiro atoms. The third-order valence-corrected chi connectivity index (χ3v) is 4.86. The van der Waals surface area contributed by atoms with Gasteiger partial charge in [0.1, 0.15) is 0 Å². The molecule has 2 N–H and O–H groups in total. The zero-order valence-corrected chi connectivity index (χ0v) is 12.5. The van der Waals surface area contributed by atoms with Crippen molar-refractivity contribution in [1.29, 1.82) is 0 Å². The summed E-state index contributed by atoms with van der Waals surface area (Å²) in [5, 5.41) is 0. The molecule has 2 fully saturated rings. The number of nitrogens with two attached hydrogens (primary N) is 1. The van der Waals surface area contributed by atoms with Gasteiger partial charge in [0.25, 0.3) is 0 Å². The van der Waals surface area contributed by atoms with Gasteiger partial charge < -0.3 is 15.4 Å². The van der Waals surface area contributed by atoms with Gasteiger partial charge in [-0.15, -0.1) is 0 Å². The van der Waals surface area contributed by atoms with Crippen LogP contribution in [0.1, 0.15) is 31.2 Å². The Morgan fingerprint density at radius 1 is 1.20 bits per heavy atom. The van der Waals surface area contributed by atoms with E-state index in [9.17, 15) is 0 Å². The Kier molecular flexibility index (Phi) is 3.99. The normalized spacial score (nSPS) is 22.1. The Bertz CT molecular complexity index is 433. The van der Waals surface area contributed by atoms with E-state index < -0.39 is 0 Å². The molecule has 0 amide bonds. The van der Waals surface area contributed by atoms with E-state index >= 15 is 0 Å². The van der Waals surface area contributed by atoms with Gasteiger partial charge in [-0.05, 0) is 56.3 Å². The molecule has 3 nitrogen and oxygen atoms in total. The van der Waals surface area contributed by atoms with E-state index in [0.29, 0.717) is 5.41 Å². The van der Waals surface area contributed by atoms with Crippen LogP contribution in [0.15, 0.2) is 24.3 Å². The van der Waals surface area contributed by atoms with Crippen molar-refractivity contribution < 1.29 is 4.74 Å². The van der Waals surface area contributed by atoms with E-state index in [0.717, 1.165) is 24.8 Å². The first-order chi connectivity index (χ1) is 9.68. The van der Waals surface area contributed by atoms with Crippen molar-refractivity contribution in [3.8, 4) is 0 Å². The fourth-order valence-corrected chi connectivity index (χ4v) is 3.48. The molecule has 0 atom stereocenters. The fraction of sp³-hybridized carbons (Fsp3) is 0.647. The van der Waals surface area contributed by atoms with Gasteiger partial charge in [0, 0.05) is 37.4 Å². The van der Waals surface area contributed by atoms with E-state index in [1.54, 1.807) is 0 Å². The summed E-state index contributed by atoms with van der Waals surface area (Å²) in [6.07, 6.45) is 5.07. The van der Waals surface area contributed by atoms with Crippen LogP contribution < -0.4 is 5.73 Å². The lowest BCUT2D eigenvalue weighted by Crippen LogP contribution is -2.35. The highest BCUT2D eigenvalue weighted by Crippen LogP contribution is 2.48. The number of nitrogen functional groups attached to an aromatic ring is 1. The summed E-state index contributed by atoms with van der Waals surface area (Å²) >= 11 is 0. The van der Waals surface area contributed by atoms with Crippen LogP contribution in [0.4, 0.5) is 5.69 Å². The van der Waals surface area contributed by atoms with Crippen LogP contribution in [0.2, 0.25) is 0 Å². The maximum Gasteiger partial charge on any atom is 0.0469 e. The minimum atomic E-state index is 0.396. The zero-order chi connectivity index (χ0) is 14.0. The lowest BCUT2D eigenvalue weighted by molar-refractivity contribution is 0.0547. The molecule has 0 radical (unpaired) electrons. The summed E-state index contributed by atoms with van der Waals surface area (Å²) in [5.74, 6) is 0.816. The average Bonchev–Trinajstić information content (AvgIpc) is 3.21. The van der Waals surface area contributed by atoms with Crippen molar-refractivity contribution in [2.45, 2.75) is 31.1 Å². The predicted molar refractivity (Wildman–Crippen MR) is 82.8 cm³/mol. The lowest BCUT2D eigenvalue weighted by atomic mass is 9.94. The number of rotatable bonds is 5. The van der Waals surface area contributed by atoms with E-state index in [-0.39, 0.29) is 0 Å². The molecule has 3 rings (SSSR count). The van der Waals surface area contributed by atoms with Crippen LogP contribution in [-0.2, 0) is 10.2 Å². The lowest BCUT2D eigenvalue weighted by Gasteiger charge is -2.30. The van der Waals surface area contributed by atoms with Crippen molar-refractivity contribution in [2.75, 3.05) is 39.1 Å². The first-order valence-corrected chi connectivity index (χ1v) is 7.80. The Morgan fingerprint density at radius 2 is 1.85 bits per heavy atom. The Labute approximate surface area is 122 Å². The maximum atomic E-state index is 5.79. The smallest absolute Gasteiger partial charge is 0.0469 e. The molecular weight excluding hydrogens is 248 g/mol. The van der Waals surface area contributed by atoms with Gasteiger partial charge in [0.05, 0.1) is 0 Å². The van der Waals surface area contributed by atoms with Crippen molar-refractivity contribution in [1.82, 2.24) is 4.90 Å². The summed E-state index contributed by atoms with van der Waals surface area (Å²) in [6.45, 7) is 4.28. The molecule has 1 aromatic rings. The molecule has 1 saturated heterocycles. The quantitative estimate of drug-likeness (QED) is 0.839. The molecule has 1 saturated carbocycles. The molecule has 0 bridgehead atoms. The van der Waals surface area contributed by atoms with Gasteiger partial charge in [-0.3, -0.25) is 0 Å². The summed E-state index contributed by atoms with van der Waals surface area (Å²) in [7, 11) is 2.27. The standard InChI is InChI=1S/C17H26N2O/c1-19(12-14-6-10-20-11-7-14)13-17(8-9-17)15-2-4-16(18)5-3-15/h2-5,14H,6-13,18H2,1H3. The van der Waals surface area contributed by atoms with Crippen molar-refractivity contribution in [2.24, 2.45) is 5.92 Å². The molecule has 2 aliphatic rings. The van der Waals surface area contributed by atoms with Crippen molar-refractivity contribution >= 4 is 5.69 Å².